The van der Waals surface area contributed by atoms with Crippen LogP contribution in [-0.4, -0.2) is 46.8 Å². The Morgan fingerprint density at radius 1 is 1.17 bits per heavy atom. The van der Waals surface area contributed by atoms with Gasteiger partial charge in [-0.2, -0.15) is 0 Å². The van der Waals surface area contributed by atoms with Crippen LogP contribution in [0.1, 0.15) is 58.9 Å². The quantitative estimate of drug-likeness (QED) is 0.734. The molecule has 1 N–H and O–H groups in total. The van der Waals surface area contributed by atoms with Crippen LogP contribution in [0.25, 0.3) is 0 Å². The van der Waals surface area contributed by atoms with Gasteiger partial charge in [-0.3, -0.25) is 14.5 Å². The minimum atomic E-state index is -1.16. The molecule has 0 unspecified atom stereocenters. The van der Waals surface area contributed by atoms with Crippen LogP contribution >= 0.6 is 11.6 Å². The molecule has 7 heteroatoms. The molecule has 1 aromatic rings. The van der Waals surface area contributed by atoms with E-state index in [9.17, 15) is 14.4 Å². The molecule has 2 bridgehead atoms. The molecule has 162 valence electrons. The van der Waals surface area contributed by atoms with Crippen LogP contribution in [0.3, 0.4) is 0 Å². The summed E-state index contributed by atoms with van der Waals surface area (Å²) >= 11 is 5.98. The van der Waals surface area contributed by atoms with E-state index in [2.05, 4.69) is 26.1 Å². The first-order chi connectivity index (χ1) is 14.0. The normalized spacial score (nSPS) is 32.5. The average Bonchev–Trinajstić information content (AvgIpc) is 3.06. The number of hydrogen-bond donors (Lipinski definition) is 1. The van der Waals surface area contributed by atoms with E-state index in [1.54, 1.807) is 24.3 Å². The molecule has 1 aliphatic carbocycles. The highest BCUT2D eigenvalue weighted by Crippen LogP contribution is 2.52. The van der Waals surface area contributed by atoms with E-state index < -0.39 is 11.6 Å². The van der Waals surface area contributed by atoms with E-state index >= 15 is 0 Å². The minimum absolute atomic E-state index is 0.107. The van der Waals surface area contributed by atoms with Crippen LogP contribution in [0.5, 0.6) is 0 Å². The third-order valence-corrected chi connectivity index (χ3v) is 7.32. The Hall–Kier alpha value is -2.08. The number of amides is 4. The molecule has 2 heterocycles. The maximum atomic E-state index is 13.3. The lowest BCUT2D eigenvalue weighted by Crippen LogP contribution is -2.46. The van der Waals surface area contributed by atoms with Crippen LogP contribution < -0.4 is 5.32 Å². The molecule has 3 atom stereocenters. The first-order valence-electron chi connectivity index (χ1n) is 10.7. The maximum absolute atomic E-state index is 13.3. The van der Waals surface area contributed by atoms with Crippen LogP contribution in [0.4, 0.5) is 4.79 Å². The second-order valence-electron chi connectivity index (χ2n) is 10.3. The summed E-state index contributed by atoms with van der Waals surface area (Å²) in [6.07, 6.45) is 3.42. The summed E-state index contributed by atoms with van der Waals surface area (Å²) in [5.41, 5.74) is -0.180. The number of carbonyl (C=O) groups excluding carboxylic acids is 3. The molecule has 0 spiro atoms. The van der Waals surface area contributed by atoms with Gasteiger partial charge in [0.1, 0.15) is 12.1 Å². The Morgan fingerprint density at radius 3 is 2.47 bits per heavy atom. The van der Waals surface area contributed by atoms with Crippen LogP contribution in [0.2, 0.25) is 5.02 Å². The van der Waals surface area contributed by atoms with Gasteiger partial charge in [0.15, 0.2) is 0 Å². The van der Waals surface area contributed by atoms with Crippen LogP contribution in [0.15, 0.2) is 24.3 Å². The Bertz CT molecular complexity index is 899. The first-order valence-corrected chi connectivity index (χ1v) is 11.1. The topological polar surface area (TPSA) is 69.7 Å². The van der Waals surface area contributed by atoms with Crippen molar-refractivity contribution in [2.24, 2.45) is 10.8 Å². The summed E-state index contributed by atoms with van der Waals surface area (Å²) < 4.78 is 0. The van der Waals surface area contributed by atoms with Crippen molar-refractivity contribution >= 4 is 29.4 Å². The first kappa shape index (κ1) is 21.2. The Kier molecular flexibility index (Phi) is 4.92. The average molecular weight is 432 g/mol. The summed E-state index contributed by atoms with van der Waals surface area (Å²) in [7, 11) is 0. The highest BCUT2D eigenvalue weighted by atomic mass is 35.5. The number of likely N-dealkylation sites (tertiary alicyclic amines) is 1. The standard InChI is InChI=1S/C23H30ClN3O3/c1-5-23(15-6-8-16(24)9-7-15)19(29)26(20(30)25-23)12-18(28)27-14-22(4)11-17(27)10-21(2,3)13-22/h6-9,17H,5,10-14H2,1-4H3,(H,25,30)/t17-,22-,23-/m1/s1. The molecule has 0 radical (unpaired) electrons. The predicted octanol–water partition coefficient (Wildman–Crippen LogP) is 3.92. The van der Waals surface area contributed by atoms with Crippen molar-refractivity contribution < 1.29 is 14.4 Å². The molecule has 0 aromatic heterocycles. The van der Waals surface area contributed by atoms with Gasteiger partial charge < -0.3 is 10.2 Å². The molecule has 4 amide bonds. The molecule has 4 rings (SSSR count). The molecular weight excluding hydrogens is 402 g/mol. The third kappa shape index (κ3) is 3.39. The molecule has 1 saturated carbocycles. The minimum Gasteiger partial charge on any atom is -0.338 e. The van der Waals surface area contributed by atoms with Gasteiger partial charge in [-0.1, -0.05) is 51.4 Å². The largest absolute Gasteiger partial charge is 0.338 e. The summed E-state index contributed by atoms with van der Waals surface area (Å²) in [5, 5.41) is 3.40. The lowest BCUT2D eigenvalue weighted by atomic mass is 9.65. The molecule has 1 aromatic carbocycles. The van der Waals surface area contributed by atoms with Crippen LogP contribution in [0, 0.1) is 10.8 Å². The number of halogens is 1. The number of carbonyl (C=O) groups is 3. The number of nitrogens with zero attached hydrogens (tertiary/aromatic N) is 2. The van der Waals surface area contributed by atoms with Gasteiger partial charge in [-0.05, 0) is 54.2 Å². The fourth-order valence-corrected chi connectivity index (χ4v) is 6.25. The van der Waals surface area contributed by atoms with Gasteiger partial charge in [-0.15, -0.1) is 0 Å². The lowest BCUT2D eigenvalue weighted by Gasteiger charge is -2.39. The number of fused-ring (bicyclic) bond motifs is 2. The van der Waals surface area contributed by atoms with Crippen molar-refractivity contribution in [3.8, 4) is 0 Å². The van der Waals surface area contributed by atoms with Gasteiger partial charge in [0, 0.05) is 17.6 Å². The van der Waals surface area contributed by atoms with E-state index in [0.717, 1.165) is 24.2 Å². The monoisotopic (exact) mass is 431 g/mol. The van der Waals surface area contributed by atoms with E-state index in [1.165, 1.54) is 0 Å². The fourth-order valence-electron chi connectivity index (χ4n) is 6.12. The van der Waals surface area contributed by atoms with E-state index in [0.29, 0.717) is 23.6 Å². The summed E-state index contributed by atoms with van der Waals surface area (Å²) in [6.45, 7) is 9.08. The Balaban J connectivity index is 1.54. The van der Waals surface area contributed by atoms with E-state index in [1.807, 2.05) is 11.8 Å². The van der Waals surface area contributed by atoms with E-state index in [4.69, 9.17) is 11.6 Å². The highest BCUT2D eigenvalue weighted by molar-refractivity contribution is 6.30. The Morgan fingerprint density at radius 2 is 1.83 bits per heavy atom. The summed E-state index contributed by atoms with van der Waals surface area (Å²) in [6, 6.07) is 6.57. The SMILES string of the molecule is CC[C@]1(c2ccc(Cl)cc2)NC(=O)N(CC(=O)N2C[C@]3(C)C[C@H]2CC(C)(C)C3)C1=O. The van der Waals surface area contributed by atoms with Crippen molar-refractivity contribution in [1.82, 2.24) is 15.1 Å². The van der Waals surface area contributed by atoms with Crippen molar-refractivity contribution in [3.63, 3.8) is 0 Å². The molecule has 30 heavy (non-hydrogen) atoms. The molecule has 6 nitrogen and oxygen atoms in total. The van der Waals surface area contributed by atoms with Gasteiger partial charge in [0.05, 0.1) is 0 Å². The van der Waals surface area contributed by atoms with Crippen molar-refractivity contribution in [2.45, 2.75) is 65.0 Å². The van der Waals surface area contributed by atoms with Gasteiger partial charge in [-0.25, -0.2) is 4.79 Å². The van der Waals surface area contributed by atoms with Gasteiger partial charge in [0.25, 0.3) is 5.91 Å². The van der Waals surface area contributed by atoms with Crippen molar-refractivity contribution in [2.75, 3.05) is 13.1 Å². The van der Waals surface area contributed by atoms with Gasteiger partial charge >= 0.3 is 6.03 Å². The van der Waals surface area contributed by atoms with E-state index in [-0.39, 0.29) is 35.2 Å². The summed E-state index contributed by atoms with van der Waals surface area (Å²) in [4.78, 5) is 42.3. The summed E-state index contributed by atoms with van der Waals surface area (Å²) in [5.74, 6) is -0.521. The smallest absolute Gasteiger partial charge is 0.325 e. The van der Waals surface area contributed by atoms with Crippen molar-refractivity contribution in [3.05, 3.63) is 34.9 Å². The molecule has 2 saturated heterocycles. The van der Waals surface area contributed by atoms with Gasteiger partial charge in [0.2, 0.25) is 5.91 Å². The molecule has 2 aliphatic heterocycles. The zero-order valence-electron chi connectivity index (χ0n) is 18.1. The maximum Gasteiger partial charge on any atom is 0.325 e. The van der Waals surface area contributed by atoms with Crippen molar-refractivity contribution in [1.29, 1.82) is 0 Å². The lowest BCUT2D eigenvalue weighted by molar-refractivity contribution is -0.140. The number of imide groups is 1. The molecule has 3 aliphatic rings. The number of nitrogens with one attached hydrogen (secondary N) is 1. The predicted molar refractivity (Wildman–Crippen MR) is 115 cm³/mol. The molecule has 3 fully saturated rings. The second-order valence-corrected chi connectivity index (χ2v) is 10.8. The van der Waals surface area contributed by atoms with Crippen LogP contribution in [-0.2, 0) is 15.1 Å². The number of rotatable bonds is 4. The number of urea groups is 1. The molecular formula is C23H30ClN3O3. The fraction of sp³-hybridized carbons (Fsp3) is 0.609. The second kappa shape index (κ2) is 6.98. The Labute approximate surface area is 182 Å². The number of benzene rings is 1. The third-order valence-electron chi connectivity index (χ3n) is 7.07. The zero-order valence-corrected chi connectivity index (χ0v) is 18.9. The highest BCUT2D eigenvalue weighted by Gasteiger charge is 2.54. The zero-order chi connectivity index (χ0) is 21.9. The number of hydrogen-bond acceptors (Lipinski definition) is 3.